The number of carbonyl (C=O) groups excluding carboxylic acids is 1. The largest absolute Gasteiger partial charge is 0.491 e. The quantitative estimate of drug-likeness (QED) is 0.534. The van der Waals surface area contributed by atoms with Crippen LogP contribution in [-0.2, 0) is 21.1 Å². The predicted molar refractivity (Wildman–Crippen MR) is 120 cm³/mol. The van der Waals surface area contributed by atoms with Crippen molar-refractivity contribution >= 4 is 16.7 Å². The molecule has 1 saturated heterocycles. The number of hydrogen-bond donors (Lipinski definition) is 1. The first-order valence-electron chi connectivity index (χ1n) is 11.1. The summed E-state index contributed by atoms with van der Waals surface area (Å²) < 4.78 is 58.9. The van der Waals surface area contributed by atoms with Gasteiger partial charge in [-0.25, -0.2) is 0 Å². The van der Waals surface area contributed by atoms with Gasteiger partial charge in [0.15, 0.2) is 11.6 Å². The third-order valence-corrected chi connectivity index (χ3v) is 6.64. The number of nitrogens with one attached hydrogen (secondary N) is 1. The number of hydrogen-bond acceptors (Lipinski definition) is 5. The van der Waals surface area contributed by atoms with Gasteiger partial charge in [0.1, 0.15) is 18.5 Å². The zero-order chi connectivity index (χ0) is 25.3. The summed E-state index contributed by atoms with van der Waals surface area (Å²) in [5, 5.41) is 9.42. The summed E-state index contributed by atoms with van der Waals surface area (Å²) in [6.45, 7) is 7.96. The second-order valence-electron chi connectivity index (χ2n) is 9.82. The number of ketones is 1. The van der Waals surface area contributed by atoms with E-state index in [0.717, 1.165) is 6.07 Å². The first-order valence-corrected chi connectivity index (χ1v) is 11.1. The number of carbonyl (C=O) groups is 1. The second-order valence-corrected chi connectivity index (χ2v) is 9.82. The predicted octanol–water partition coefficient (Wildman–Crippen LogP) is 5.46. The maximum atomic E-state index is 13.9. The maximum absolute atomic E-state index is 13.9. The summed E-state index contributed by atoms with van der Waals surface area (Å²) in [7, 11) is 0. The second kappa shape index (κ2) is 7.57. The molecule has 3 aromatic rings. The molecule has 0 saturated carbocycles. The van der Waals surface area contributed by atoms with Crippen LogP contribution in [0.15, 0.2) is 30.3 Å². The minimum atomic E-state index is -4.76. The SMILES string of the molecule is CC1(C)OC[C@H](COc2ccc3c(c2)C(C)(C)c2[nH]c4c(C(F)(F)F)c(C#N)ccc4c2C3=O)O1. The first kappa shape index (κ1) is 23.4. The lowest BCUT2D eigenvalue weighted by atomic mass is 9.71. The van der Waals surface area contributed by atoms with E-state index in [0.29, 0.717) is 29.2 Å². The highest BCUT2D eigenvalue weighted by Crippen LogP contribution is 2.47. The Morgan fingerprint density at radius 2 is 1.94 bits per heavy atom. The van der Waals surface area contributed by atoms with E-state index in [1.807, 2.05) is 27.7 Å². The summed E-state index contributed by atoms with van der Waals surface area (Å²) in [6.07, 6.45) is -5.01. The number of ether oxygens (including phenoxy) is 3. The highest BCUT2D eigenvalue weighted by Gasteiger charge is 2.43. The van der Waals surface area contributed by atoms with Gasteiger partial charge in [0.2, 0.25) is 0 Å². The van der Waals surface area contributed by atoms with Gasteiger partial charge in [-0.2, -0.15) is 18.4 Å². The van der Waals surface area contributed by atoms with E-state index in [4.69, 9.17) is 14.2 Å². The van der Waals surface area contributed by atoms with Crippen LogP contribution in [0.1, 0.15) is 66.0 Å². The van der Waals surface area contributed by atoms with Crippen LogP contribution in [0, 0.1) is 11.3 Å². The Kier molecular flexibility index (Phi) is 5.06. The molecule has 2 aromatic carbocycles. The lowest BCUT2D eigenvalue weighted by molar-refractivity contribution is -0.141. The smallest absolute Gasteiger partial charge is 0.419 e. The molecule has 0 unspecified atom stereocenters. The van der Waals surface area contributed by atoms with E-state index in [1.165, 1.54) is 6.07 Å². The summed E-state index contributed by atoms with van der Waals surface area (Å²) in [4.78, 5) is 16.4. The molecule has 1 atom stereocenters. The van der Waals surface area contributed by atoms with Gasteiger partial charge in [0, 0.05) is 22.1 Å². The van der Waals surface area contributed by atoms with Crippen molar-refractivity contribution in [3.63, 3.8) is 0 Å². The van der Waals surface area contributed by atoms with Gasteiger partial charge in [-0.3, -0.25) is 4.79 Å². The molecule has 1 aromatic heterocycles. The van der Waals surface area contributed by atoms with E-state index in [-0.39, 0.29) is 35.0 Å². The summed E-state index contributed by atoms with van der Waals surface area (Å²) in [5.74, 6) is -0.537. The molecule has 6 nitrogen and oxygen atoms in total. The Morgan fingerprint density at radius 3 is 2.57 bits per heavy atom. The van der Waals surface area contributed by atoms with Crippen molar-refractivity contribution in [1.29, 1.82) is 5.26 Å². The standard InChI is InChI=1S/C26H23F3N2O4/c1-24(2)18-9-14(33-11-15-12-34-25(3,4)35-15)6-8-16(18)22(32)19-17-7-5-13(10-30)20(26(27,28)29)21(17)31-23(19)24/h5-9,15,31H,11-12H2,1-4H3/t15-/m0/s1. The van der Waals surface area contributed by atoms with Crippen LogP contribution < -0.4 is 4.74 Å². The highest BCUT2D eigenvalue weighted by atomic mass is 19.4. The molecule has 1 aliphatic heterocycles. The third-order valence-electron chi connectivity index (χ3n) is 6.64. The minimum Gasteiger partial charge on any atom is -0.491 e. The van der Waals surface area contributed by atoms with Gasteiger partial charge >= 0.3 is 6.18 Å². The van der Waals surface area contributed by atoms with Crippen LogP contribution in [0.3, 0.4) is 0 Å². The van der Waals surface area contributed by atoms with Gasteiger partial charge in [-0.1, -0.05) is 19.9 Å². The molecule has 35 heavy (non-hydrogen) atoms. The number of benzene rings is 2. The van der Waals surface area contributed by atoms with Crippen LogP contribution in [0.4, 0.5) is 13.2 Å². The summed E-state index contributed by atoms with van der Waals surface area (Å²) >= 11 is 0. The molecule has 182 valence electrons. The fourth-order valence-electron chi connectivity index (χ4n) is 4.99. The van der Waals surface area contributed by atoms with Crippen molar-refractivity contribution in [3.8, 4) is 11.8 Å². The number of aromatic nitrogens is 1. The third kappa shape index (κ3) is 3.68. The van der Waals surface area contributed by atoms with Crippen molar-refractivity contribution in [3.05, 3.63) is 63.8 Å². The van der Waals surface area contributed by atoms with Gasteiger partial charge < -0.3 is 19.2 Å². The number of alkyl halides is 3. The molecule has 1 aliphatic carbocycles. The Balaban J connectivity index is 1.57. The first-order chi connectivity index (χ1) is 16.3. The number of H-pyrrole nitrogens is 1. The van der Waals surface area contributed by atoms with Crippen molar-refractivity contribution in [2.45, 2.75) is 51.2 Å². The highest BCUT2D eigenvalue weighted by molar-refractivity contribution is 6.20. The number of halogens is 3. The van der Waals surface area contributed by atoms with Crippen molar-refractivity contribution < 1.29 is 32.2 Å². The zero-order valence-electron chi connectivity index (χ0n) is 19.6. The molecule has 5 rings (SSSR count). The molecule has 1 fully saturated rings. The zero-order valence-corrected chi connectivity index (χ0v) is 19.6. The fourth-order valence-corrected chi connectivity index (χ4v) is 4.99. The van der Waals surface area contributed by atoms with E-state index < -0.39 is 28.5 Å². The van der Waals surface area contributed by atoms with Gasteiger partial charge in [-0.15, -0.1) is 0 Å². The van der Waals surface area contributed by atoms with Crippen molar-refractivity contribution in [2.75, 3.05) is 13.2 Å². The number of rotatable bonds is 3. The van der Waals surface area contributed by atoms with Gasteiger partial charge in [0.05, 0.1) is 34.9 Å². The Hall–Kier alpha value is -3.35. The lowest BCUT2D eigenvalue weighted by Crippen LogP contribution is -2.30. The monoisotopic (exact) mass is 484 g/mol. The lowest BCUT2D eigenvalue weighted by Gasteiger charge is -2.32. The maximum Gasteiger partial charge on any atom is 0.419 e. The van der Waals surface area contributed by atoms with Crippen LogP contribution in [0.25, 0.3) is 10.9 Å². The fraction of sp³-hybridized carbons (Fsp3) is 0.385. The minimum absolute atomic E-state index is 0.149. The van der Waals surface area contributed by atoms with Crippen LogP contribution >= 0.6 is 0 Å². The van der Waals surface area contributed by atoms with Gasteiger partial charge in [0.25, 0.3) is 0 Å². The number of nitriles is 1. The van der Waals surface area contributed by atoms with Crippen LogP contribution in [0.5, 0.6) is 5.75 Å². The van der Waals surface area contributed by atoms with E-state index in [1.54, 1.807) is 24.3 Å². The van der Waals surface area contributed by atoms with Crippen LogP contribution in [-0.4, -0.2) is 35.9 Å². The van der Waals surface area contributed by atoms with E-state index in [2.05, 4.69) is 4.98 Å². The summed E-state index contributed by atoms with van der Waals surface area (Å²) in [5.41, 5.74) is -1.05. The van der Waals surface area contributed by atoms with Gasteiger partial charge in [-0.05, 0) is 43.7 Å². The van der Waals surface area contributed by atoms with E-state index >= 15 is 0 Å². The molecular weight excluding hydrogens is 461 g/mol. The number of aromatic amines is 1. The number of nitrogens with zero attached hydrogens (tertiary/aromatic N) is 1. The normalized spacial score (nSPS) is 20.4. The van der Waals surface area contributed by atoms with Crippen LogP contribution in [0.2, 0.25) is 0 Å². The average Bonchev–Trinajstić information content (AvgIpc) is 3.35. The van der Waals surface area contributed by atoms with Crippen molar-refractivity contribution in [2.24, 2.45) is 0 Å². The molecule has 0 bridgehead atoms. The van der Waals surface area contributed by atoms with E-state index in [9.17, 15) is 23.2 Å². The Bertz CT molecular complexity index is 1410. The Morgan fingerprint density at radius 1 is 1.20 bits per heavy atom. The molecule has 0 radical (unpaired) electrons. The molecule has 2 heterocycles. The average molecular weight is 484 g/mol. The molecular formula is C26H23F3N2O4. The molecule has 9 heteroatoms. The molecule has 2 aliphatic rings. The molecule has 0 amide bonds. The van der Waals surface area contributed by atoms with Crippen molar-refractivity contribution in [1.82, 2.24) is 4.98 Å². The molecule has 0 spiro atoms. The topological polar surface area (TPSA) is 84.3 Å². The molecule has 1 N–H and O–H groups in total. The summed E-state index contributed by atoms with van der Waals surface area (Å²) in [6, 6.07) is 9.18. The Labute approximate surface area is 199 Å². The number of fused-ring (bicyclic) bond motifs is 4.